The highest BCUT2D eigenvalue weighted by atomic mass is 79.9. The molecule has 1 aromatic carbocycles. The SMILES string of the molecule is CCNC(Cc1ccc(Cl)c(F)c1)c1ccc(Br)o1. The fourth-order valence-electron chi connectivity index (χ4n) is 1.94. The molecular weight excluding hydrogens is 333 g/mol. The standard InChI is InChI=1S/C14H14BrClFNO/c1-2-18-12(13-5-6-14(15)19-13)8-9-3-4-10(16)11(17)7-9/h3-7,12,18H,2,8H2,1H3. The van der Waals surface area contributed by atoms with E-state index < -0.39 is 5.82 Å². The van der Waals surface area contributed by atoms with Crippen LogP contribution in [0.25, 0.3) is 0 Å². The number of furan rings is 1. The Labute approximate surface area is 125 Å². The molecule has 2 aromatic rings. The van der Waals surface area contributed by atoms with Crippen LogP contribution in [0.15, 0.2) is 39.4 Å². The van der Waals surface area contributed by atoms with E-state index in [9.17, 15) is 4.39 Å². The maximum absolute atomic E-state index is 13.4. The zero-order chi connectivity index (χ0) is 13.8. The Morgan fingerprint density at radius 1 is 1.37 bits per heavy atom. The van der Waals surface area contributed by atoms with E-state index in [1.807, 2.05) is 25.1 Å². The molecule has 1 heterocycles. The lowest BCUT2D eigenvalue weighted by Crippen LogP contribution is -2.22. The summed E-state index contributed by atoms with van der Waals surface area (Å²) in [6.45, 7) is 2.83. The third-order valence-electron chi connectivity index (χ3n) is 2.81. The van der Waals surface area contributed by atoms with E-state index in [0.717, 1.165) is 17.9 Å². The average Bonchev–Trinajstić information content (AvgIpc) is 2.80. The molecule has 1 atom stereocenters. The lowest BCUT2D eigenvalue weighted by molar-refractivity contribution is 0.405. The fraction of sp³-hybridized carbons (Fsp3) is 0.286. The summed E-state index contributed by atoms with van der Waals surface area (Å²) in [5.41, 5.74) is 0.875. The van der Waals surface area contributed by atoms with Crippen molar-refractivity contribution in [3.05, 3.63) is 57.2 Å². The molecule has 0 spiro atoms. The van der Waals surface area contributed by atoms with Gasteiger partial charge in [0.05, 0.1) is 11.1 Å². The highest BCUT2D eigenvalue weighted by Crippen LogP contribution is 2.25. The van der Waals surface area contributed by atoms with Gasteiger partial charge in [0, 0.05) is 0 Å². The third-order valence-corrected chi connectivity index (χ3v) is 3.54. The van der Waals surface area contributed by atoms with Crippen LogP contribution in [0.5, 0.6) is 0 Å². The molecule has 5 heteroatoms. The normalized spacial score (nSPS) is 12.6. The predicted octanol–water partition coefficient (Wildman–Crippen LogP) is 4.73. The van der Waals surface area contributed by atoms with E-state index in [2.05, 4.69) is 21.2 Å². The van der Waals surface area contributed by atoms with Gasteiger partial charge in [-0.3, -0.25) is 0 Å². The fourth-order valence-corrected chi connectivity index (χ4v) is 2.37. The first-order valence-electron chi connectivity index (χ1n) is 6.02. The molecule has 0 radical (unpaired) electrons. The van der Waals surface area contributed by atoms with Gasteiger partial charge >= 0.3 is 0 Å². The number of nitrogens with one attached hydrogen (secondary N) is 1. The van der Waals surface area contributed by atoms with Crippen molar-refractivity contribution in [3.63, 3.8) is 0 Å². The second-order valence-electron chi connectivity index (χ2n) is 4.20. The van der Waals surface area contributed by atoms with Crippen molar-refractivity contribution in [1.29, 1.82) is 0 Å². The van der Waals surface area contributed by atoms with Crippen LogP contribution in [-0.2, 0) is 6.42 Å². The minimum absolute atomic E-state index is 0.0110. The summed E-state index contributed by atoms with van der Waals surface area (Å²) >= 11 is 8.97. The molecule has 1 aromatic heterocycles. The van der Waals surface area contributed by atoms with Gasteiger partial charge in [-0.25, -0.2) is 4.39 Å². The predicted molar refractivity (Wildman–Crippen MR) is 77.9 cm³/mol. The van der Waals surface area contributed by atoms with Crippen LogP contribution in [0.4, 0.5) is 4.39 Å². The summed E-state index contributed by atoms with van der Waals surface area (Å²) < 4.78 is 19.7. The summed E-state index contributed by atoms with van der Waals surface area (Å²) in [6, 6.07) is 8.63. The largest absolute Gasteiger partial charge is 0.453 e. The van der Waals surface area contributed by atoms with Crippen molar-refractivity contribution in [2.45, 2.75) is 19.4 Å². The first kappa shape index (κ1) is 14.6. The average molecular weight is 347 g/mol. The summed E-state index contributed by atoms with van der Waals surface area (Å²) in [6.07, 6.45) is 0.641. The van der Waals surface area contributed by atoms with Gasteiger partial charge in [-0.15, -0.1) is 0 Å². The highest BCUT2D eigenvalue weighted by Gasteiger charge is 2.15. The second kappa shape index (κ2) is 6.55. The molecule has 102 valence electrons. The van der Waals surface area contributed by atoms with Crippen LogP contribution < -0.4 is 5.32 Å². The van der Waals surface area contributed by atoms with Crippen molar-refractivity contribution in [1.82, 2.24) is 5.32 Å². The van der Waals surface area contributed by atoms with Crippen molar-refractivity contribution < 1.29 is 8.81 Å². The van der Waals surface area contributed by atoms with Gasteiger partial charge in [-0.05, 0) is 58.7 Å². The van der Waals surface area contributed by atoms with Gasteiger partial charge in [-0.2, -0.15) is 0 Å². The van der Waals surface area contributed by atoms with Crippen LogP contribution in [0.3, 0.4) is 0 Å². The molecule has 0 bridgehead atoms. The quantitative estimate of drug-likeness (QED) is 0.847. The van der Waals surface area contributed by atoms with Gasteiger partial charge in [0.2, 0.25) is 0 Å². The van der Waals surface area contributed by atoms with Crippen LogP contribution in [0.2, 0.25) is 5.02 Å². The van der Waals surface area contributed by atoms with Gasteiger partial charge < -0.3 is 9.73 Å². The Kier molecular flexibility index (Phi) is 5.02. The summed E-state index contributed by atoms with van der Waals surface area (Å²) in [5.74, 6) is 0.430. The summed E-state index contributed by atoms with van der Waals surface area (Å²) in [7, 11) is 0. The minimum Gasteiger partial charge on any atom is -0.453 e. The molecular formula is C14H14BrClFNO. The highest BCUT2D eigenvalue weighted by molar-refractivity contribution is 9.10. The van der Waals surface area contributed by atoms with Gasteiger partial charge in [0.15, 0.2) is 4.67 Å². The minimum atomic E-state index is -0.393. The summed E-state index contributed by atoms with van der Waals surface area (Å²) in [4.78, 5) is 0. The van der Waals surface area contributed by atoms with E-state index in [4.69, 9.17) is 16.0 Å². The van der Waals surface area contributed by atoms with Crippen molar-refractivity contribution in [2.24, 2.45) is 0 Å². The van der Waals surface area contributed by atoms with Crippen molar-refractivity contribution >= 4 is 27.5 Å². The maximum Gasteiger partial charge on any atom is 0.169 e. The Morgan fingerprint density at radius 2 is 2.16 bits per heavy atom. The van der Waals surface area contributed by atoms with Gasteiger partial charge in [0.25, 0.3) is 0 Å². The lowest BCUT2D eigenvalue weighted by Gasteiger charge is -2.15. The lowest BCUT2D eigenvalue weighted by atomic mass is 10.0. The Balaban J connectivity index is 2.18. The van der Waals surface area contributed by atoms with E-state index in [1.54, 1.807) is 6.07 Å². The first-order valence-corrected chi connectivity index (χ1v) is 7.19. The molecule has 0 aliphatic heterocycles. The number of hydrogen-bond donors (Lipinski definition) is 1. The van der Waals surface area contributed by atoms with Gasteiger partial charge in [-0.1, -0.05) is 24.6 Å². The molecule has 0 aliphatic rings. The maximum atomic E-state index is 13.4. The first-order chi connectivity index (χ1) is 9.10. The third kappa shape index (κ3) is 3.81. The van der Waals surface area contributed by atoms with Crippen LogP contribution in [-0.4, -0.2) is 6.54 Å². The smallest absolute Gasteiger partial charge is 0.169 e. The molecule has 2 nitrogen and oxygen atoms in total. The molecule has 0 fully saturated rings. The number of rotatable bonds is 5. The van der Waals surface area contributed by atoms with Crippen LogP contribution in [0.1, 0.15) is 24.3 Å². The number of likely N-dealkylation sites (N-methyl/N-ethyl adjacent to an activating group) is 1. The molecule has 2 rings (SSSR count). The zero-order valence-electron chi connectivity index (χ0n) is 10.4. The zero-order valence-corrected chi connectivity index (χ0v) is 12.8. The molecule has 1 N–H and O–H groups in total. The number of hydrogen-bond acceptors (Lipinski definition) is 2. The molecule has 19 heavy (non-hydrogen) atoms. The van der Waals surface area contributed by atoms with Crippen molar-refractivity contribution in [2.75, 3.05) is 6.54 Å². The second-order valence-corrected chi connectivity index (χ2v) is 5.39. The Hall–Kier alpha value is -0.840. The Bertz CT molecular complexity index is 558. The topological polar surface area (TPSA) is 25.2 Å². The van der Waals surface area contributed by atoms with Crippen LogP contribution >= 0.6 is 27.5 Å². The van der Waals surface area contributed by atoms with Crippen LogP contribution in [0, 0.1) is 5.82 Å². The van der Waals surface area contributed by atoms with E-state index in [-0.39, 0.29) is 11.1 Å². The monoisotopic (exact) mass is 345 g/mol. The molecule has 0 aliphatic carbocycles. The molecule has 0 saturated carbocycles. The molecule has 1 unspecified atom stereocenters. The number of benzene rings is 1. The van der Waals surface area contributed by atoms with E-state index >= 15 is 0 Å². The molecule has 0 saturated heterocycles. The van der Waals surface area contributed by atoms with Gasteiger partial charge in [0.1, 0.15) is 11.6 Å². The summed E-state index contributed by atoms with van der Waals surface area (Å²) in [5, 5.41) is 3.47. The van der Waals surface area contributed by atoms with Crippen molar-refractivity contribution in [3.8, 4) is 0 Å². The van der Waals surface area contributed by atoms with E-state index in [0.29, 0.717) is 11.1 Å². The van der Waals surface area contributed by atoms with E-state index in [1.165, 1.54) is 6.07 Å². The Morgan fingerprint density at radius 3 is 2.74 bits per heavy atom. The molecule has 0 amide bonds. The number of halogens is 3.